The fourth-order valence-electron chi connectivity index (χ4n) is 6.78. The molecule has 0 atom stereocenters. The number of pyridine rings is 1. The average Bonchev–Trinajstić information content (AvgIpc) is 3.26. The molecule has 0 unspecified atom stereocenters. The van der Waals surface area contributed by atoms with Crippen LogP contribution in [0.3, 0.4) is 0 Å². The first-order valence-electron chi connectivity index (χ1n) is 19.6. The van der Waals surface area contributed by atoms with Crippen molar-refractivity contribution >= 4 is 34.2 Å². The summed E-state index contributed by atoms with van der Waals surface area (Å²) in [5.74, 6) is -1.19. The van der Waals surface area contributed by atoms with Crippen molar-refractivity contribution in [3.8, 4) is 11.1 Å². The normalized spacial score (nSPS) is 13.7. The number of hydrogen-bond acceptors (Lipinski definition) is 11. The molecule has 3 amide bonds. The number of benzene rings is 3. The van der Waals surface area contributed by atoms with Gasteiger partial charge in [-0.05, 0) is 48.0 Å². The molecule has 0 spiro atoms. The lowest BCUT2D eigenvalue weighted by Gasteiger charge is -2.35. The van der Waals surface area contributed by atoms with Gasteiger partial charge in [-0.2, -0.15) is 5.10 Å². The van der Waals surface area contributed by atoms with E-state index in [9.17, 15) is 23.6 Å². The summed E-state index contributed by atoms with van der Waals surface area (Å²) in [6, 6.07) is 21.4. The number of carbonyl (C=O) groups is 3. The minimum absolute atomic E-state index is 0.0514. The number of amides is 3. The van der Waals surface area contributed by atoms with Crippen LogP contribution in [0.4, 0.5) is 10.1 Å². The van der Waals surface area contributed by atoms with E-state index in [4.69, 9.17) is 15.2 Å². The van der Waals surface area contributed by atoms with Gasteiger partial charge in [0, 0.05) is 68.8 Å². The van der Waals surface area contributed by atoms with E-state index in [0.717, 1.165) is 24.3 Å². The maximum absolute atomic E-state index is 14.9. The van der Waals surface area contributed by atoms with Gasteiger partial charge in [0.05, 0.1) is 55.3 Å². The molecule has 0 aliphatic carbocycles. The summed E-state index contributed by atoms with van der Waals surface area (Å²) >= 11 is 0. The van der Waals surface area contributed by atoms with Crippen LogP contribution in [0.1, 0.15) is 43.6 Å². The third-order valence-corrected chi connectivity index (χ3v) is 10.0. The Bertz CT molecular complexity index is 2310. The number of nitrogens with zero attached hydrogens (tertiary/aromatic N) is 4. The molecule has 7 rings (SSSR count). The van der Waals surface area contributed by atoms with Gasteiger partial charge >= 0.3 is 0 Å². The monoisotopic (exact) mass is 821 g/mol. The van der Waals surface area contributed by atoms with E-state index in [-0.39, 0.29) is 61.2 Å². The quantitative estimate of drug-likeness (QED) is 0.0812. The highest BCUT2D eigenvalue weighted by Gasteiger charge is 2.27. The number of aromatic amines is 1. The number of anilines is 1. The minimum atomic E-state index is -0.630. The van der Waals surface area contributed by atoms with Crippen molar-refractivity contribution in [3.05, 3.63) is 136 Å². The third kappa shape index (κ3) is 11.2. The number of H-pyrrole nitrogens is 1. The molecule has 60 heavy (non-hydrogen) atoms. The number of nitrogens with one attached hydrogen (secondary N) is 3. The lowest BCUT2D eigenvalue weighted by molar-refractivity contribution is -0.131. The van der Waals surface area contributed by atoms with Gasteiger partial charge in [-0.1, -0.05) is 48.5 Å². The van der Waals surface area contributed by atoms with Crippen molar-refractivity contribution in [2.75, 3.05) is 85.0 Å². The second-order valence-electron chi connectivity index (χ2n) is 13.8. The highest BCUT2D eigenvalue weighted by molar-refractivity contribution is 5.98. The number of fused-ring (bicyclic) bond motifs is 1. The van der Waals surface area contributed by atoms with Crippen LogP contribution >= 0.6 is 0 Å². The van der Waals surface area contributed by atoms with Crippen LogP contribution in [0.5, 0.6) is 0 Å². The molecule has 316 valence electrons. The molecule has 5 aromatic rings. The Kier molecular flexibility index (Phi) is 16.5. The molecule has 2 aliphatic rings. The fraction of sp³-hybridized carbons (Fsp3) is 0.318. The van der Waals surface area contributed by atoms with Crippen molar-refractivity contribution in [2.24, 2.45) is 5.73 Å². The Morgan fingerprint density at radius 3 is 2.35 bits per heavy atom. The first kappa shape index (κ1) is 44.8. The second kappa shape index (κ2) is 22.2. The van der Waals surface area contributed by atoms with Crippen molar-refractivity contribution in [1.29, 1.82) is 0 Å². The van der Waals surface area contributed by atoms with Crippen molar-refractivity contribution in [2.45, 2.75) is 12.3 Å². The molecule has 2 aromatic heterocycles. The number of hydrogen-bond donors (Lipinski definition) is 5. The van der Waals surface area contributed by atoms with Crippen molar-refractivity contribution in [1.82, 2.24) is 35.6 Å². The summed E-state index contributed by atoms with van der Waals surface area (Å²) in [6.45, 7) is 9.98. The Labute approximate surface area is 347 Å². The number of rotatable bonds is 14. The average molecular weight is 822 g/mol. The van der Waals surface area contributed by atoms with Gasteiger partial charge in [-0.3, -0.25) is 19.2 Å². The number of aromatic nitrogens is 3. The maximum Gasteiger partial charge on any atom is 0.272 e. The highest BCUT2D eigenvalue weighted by atomic mass is 19.1. The van der Waals surface area contributed by atoms with Crippen LogP contribution in [-0.2, 0) is 20.7 Å². The van der Waals surface area contributed by atoms with Crippen LogP contribution in [0.25, 0.3) is 21.9 Å². The third-order valence-electron chi connectivity index (χ3n) is 10.0. The summed E-state index contributed by atoms with van der Waals surface area (Å²) in [6.07, 6.45) is 1.94. The summed E-state index contributed by atoms with van der Waals surface area (Å²) in [5, 5.41) is 13.7. The molecule has 2 aliphatic heterocycles. The van der Waals surface area contributed by atoms with E-state index >= 15 is 0 Å². The Morgan fingerprint density at radius 1 is 0.917 bits per heavy atom. The molecule has 16 heteroatoms. The minimum Gasteiger partial charge on any atom is -0.397 e. The van der Waals surface area contributed by atoms with Gasteiger partial charge in [0.15, 0.2) is 5.69 Å². The largest absolute Gasteiger partial charge is 0.397 e. The van der Waals surface area contributed by atoms with Gasteiger partial charge in [0.1, 0.15) is 5.82 Å². The Hall–Kier alpha value is -6.33. The van der Waals surface area contributed by atoms with Crippen LogP contribution in [0.15, 0.2) is 96.9 Å². The van der Waals surface area contributed by atoms with E-state index in [1.54, 1.807) is 46.3 Å². The smallest absolute Gasteiger partial charge is 0.272 e. The number of piperazine rings is 1. The Balaban J connectivity index is 0.00000166. The predicted molar refractivity (Wildman–Crippen MR) is 229 cm³/mol. The molecule has 4 heterocycles. The first-order chi connectivity index (χ1) is 29.2. The SMILES string of the molecule is C=C.CN.Nc1cc(-c2cccc(C3COC3)c2)cnc1C(=O)NCCOCCNCC(=O)N1CCN(C(=O)c2cc(Cc3n[nH]c(=O)c4ccccc34)ccc2F)CC1. The lowest BCUT2D eigenvalue weighted by Crippen LogP contribution is -2.52. The molecular weight excluding hydrogens is 770 g/mol. The topological polar surface area (TPSA) is 211 Å². The van der Waals surface area contributed by atoms with E-state index in [0.29, 0.717) is 60.6 Å². The molecule has 15 nitrogen and oxygen atoms in total. The summed E-state index contributed by atoms with van der Waals surface area (Å²) in [7, 11) is 1.50. The zero-order chi connectivity index (χ0) is 43.0. The second-order valence-corrected chi connectivity index (χ2v) is 13.8. The number of nitrogen functional groups attached to an aromatic ring is 1. The summed E-state index contributed by atoms with van der Waals surface area (Å²) in [4.78, 5) is 58.6. The first-order valence-corrected chi connectivity index (χ1v) is 19.6. The van der Waals surface area contributed by atoms with Crippen LogP contribution in [-0.4, -0.2) is 122 Å². The maximum atomic E-state index is 14.9. The van der Waals surface area contributed by atoms with E-state index in [1.807, 2.05) is 18.2 Å². The zero-order valence-electron chi connectivity index (χ0n) is 33.8. The predicted octanol–water partition coefficient (Wildman–Crippen LogP) is 3.11. The van der Waals surface area contributed by atoms with Gasteiger partial charge in [-0.25, -0.2) is 14.5 Å². The molecule has 3 aromatic carbocycles. The molecular formula is C44H52FN9O6. The summed E-state index contributed by atoms with van der Waals surface area (Å²) in [5.41, 5.74) is 15.1. The standard InChI is InChI=1S/C41H43FN8O6.C2H4.CH5N/c42-34-9-8-26(19-36-31-6-1-2-7-32(31)39(52)48-47-36)18-33(34)41(54)50-14-12-49(13-15-50)37(51)23-44-10-16-55-17-11-45-40(53)38-35(43)21-29(22-46-38)27-4-3-5-28(20-27)30-24-56-25-30;2*1-2/h1-9,18,20-22,30,44H,10-17,19,23-25,43H2,(H,45,53)(H,48,52);1-2H2;2H2,1H3. The number of carbonyl (C=O) groups excluding carboxylic acids is 3. The number of halogens is 1. The summed E-state index contributed by atoms with van der Waals surface area (Å²) < 4.78 is 25.8. The molecule has 0 saturated carbocycles. The van der Waals surface area contributed by atoms with Gasteiger partial charge in [0.25, 0.3) is 17.4 Å². The van der Waals surface area contributed by atoms with Crippen LogP contribution in [0.2, 0.25) is 0 Å². The molecule has 0 radical (unpaired) electrons. The van der Waals surface area contributed by atoms with E-state index < -0.39 is 17.6 Å². The van der Waals surface area contributed by atoms with Crippen molar-refractivity contribution in [3.63, 3.8) is 0 Å². The molecule has 0 bridgehead atoms. The van der Waals surface area contributed by atoms with Gasteiger partial charge in [0.2, 0.25) is 5.91 Å². The van der Waals surface area contributed by atoms with Crippen LogP contribution < -0.4 is 27.7 Å². The van der Waals surface area contributed by atoms with E-state index in [2.05, 4.69) is 56.8 Å². The fourth-order valence-corrected chi connectivity index (χ4v) is 6.78. The van der Waals surface area contributed by atoms with Gasteiger partial charge in [-0.15, -0.1) is 13.2 Å². The Morgan fingerprint density at radius 2 is 1.63 bits per heavy atom. The molecule has 7 N–H and O–H groups in total. The zero-order valence-corrected chi connectivity index (χ0v) is 33.8. The number of nitrogens with two attached hydrogens (primary N) is 2. The molecule has 2 fully saturated rings. The lowest BCUT2D eigenvalue weighted by atomic mass is 9.94. The highest BCUT2D eigenvalue weighted by Crippen LogP contribution is 2.29. The van der Waals surface area contributed by atoms with E-state index in [1.165, 1.54) is 24.7 Å². The molecule has 2 saturated heterocycles. The van der Waals surface area contributed by atoms with Crippen molar-refractivity contribution < 1.29 is 28.2 Å². The van der Waals surface area contributed by atoms with Gasteiger partial charge < -0.3 is 41.4 Å². The van der Waals surface area contributed by atoms with Crippen LogP contribution in [0, 0.1) is 5.82 Å². The number of ether oxygens (including phenoxy) is 2.